The lowest BCUT2D eigenvalue weighted by Gasteiger charge is -2.09. The Morgan fingerprint density at radius 2 is 1.82 bits per heavy atom. The van der Waals surface area contributed by atoms with Crippen LogP contribution >= 0.6 is 23.4 Å². The SMILES string of the molecule is COc1ccc(-c2nnc(SCc3ccc(Cl)cc3)n2Cc2ccco2)cc1. The molecule has 4 aromatic rings. The van der Waals surface area contributed by atoms with Gasteiger partial charge in [0.15, 0.2) is 11.0 Å². The fraction of sp³-hybridized carbons (Fsp3) is 0.143. The molecule has 2 heterocycles. The minimum absolute atomic E-state index is 0.560. The van der Waals surface area contributed by atoms with Crippen molar-refractivity contribution in [3.63, 3.8) is 0 Å². The van der Waals surface area contributed by atoms with Crippen LogP contribution in [-0.4, -0.2) is 21.9 Å². The fourth-order valence-corrected chi connectivity index (χ4v) is 3.80. The Balaban J connectivity index is 1.63. The number of aromatic nitrogens is 3. The number of methoxy groups -OCH3 is 1. The maximum atomic E-state index is 5.97. The summed E-state index contributed by atoms with van der Waals surface area (Å²) in [7, 11) is 1.65. The largest absolute Gasteiger partial charge is 0.497 e. The van der Waals surface area contributed by atoms with Crippen LogP contribution in [0.1, 0.15) is 11.3 Å². The van der Waals surface area contributed by atoms with Crippen molar-refractivity contribution < 1.29 is 9.15 Å². The minimum Gasteiger partial charge on any atom is -0.497 e. The van der Waals surface area contributed by atoms with Crippen molar-refractivity contribution in [2.45, 2.75) is 17.5 Å². The lowest BCUT2D eigenvalue weighted by molar-refractivity contribution is 0.415. The molecule has 0 aliphatic carbocycles. The van der Waals surface area contributed by atoms with E-state index in [2.05, 4.69) is 14.8 Å². The molecule has 142 valence electrons. The molecule has 0 fully saturated rings. The molecule has 2 aromatic carbocycles. The van der Waals surface area contributed by atoms with Gasteiger partial charge in [0.2, 0.25) is 0 Å². The number of halogens is 1. The molecule has 0 aliphatic rings. The number of benzene rings is 2. The van der Waals surface area contributed by atoms with E-state index in [1.54, 1.807) is 25.1 Å². The Kier molecular flexibility index (Phi) is 5.69. The highest BCUT2D eigenvalue weighted by atomic mass is 35.5. The number of nitrogens with zero attached hydrogens (tertiary/aromatic N) is 3. The lowest BCUT2D eigenvalue weighted by Crippen LogP contribution is -2.03. The molecule has 0 amide bonds. The summed E-state index contributed by atoms with van der Waals surface area (Å²) in [4.78, 5) is 0. The Labute approximate surface area is 172 Å². The number of hydrogen-bond acceptors (Lipinski definition) is 5. The van der Waals surface area contributed by atoms with Crippen LogP contribution in [0, 0.1) is 0 Å². The summed E-state index contributed by atoms with van der Waals surface area (Å²) in [5, 5.41) is 10.4. The number of ether oxygens (including phenoxy) is 1. The molecule has 5 nitrogen and oxygen atoms in total. The second kappa shape index (κ2) is 8.54. The summed E-state index contributed by atoms with van der Waals surface area (Å²) in [6.07, 6.45) is 1.67. The maximum absolute atomic E-state index is 5.97. The standard InChI is InChI=1S/C21H18ClN3O2S/c1-26-18-10-6-16(7-11-18)20-23-24-21(25(20)13-19-3-2-12-27-19)28-14-15-4-8-17(22)9-5-15/h2-12H,13-14H2,1H3. The molecule has 2 aromatic heterocycles. The predicted molar refractivity (Wildman–Crippen MR) is 111 cm³/mol. The summed E-state index contributed by atoms with van der Waals surface area (Å²) in [6, 6.07) is 19.5. The van der Waals surface area contributed by atoms with E-state index in [1.807, 2.05) is 60.7 Å². The van der Waals surface area contributed by atoms with Gasteiger partial charge in [-0.2, -0.15) is 0 Å². The first kappa shape index (κ1) is 18.7. The van der Waals surface area contributed by atoms with E-state index in [1.165, 1.54) is 5.56 Å². The molecular weight excluding hydrogens is 394 g/mol. The summed E-state index contributed by atoms with van der Waals surface area (Å²) < 4.78 is 12.9. The first-order valence-electron chi connectivity index (χ1n) is 8.70. The number of hydrogen-bond donors (Lipinski definition) is 0. The van der Waals surface area contributed by atoms with Crippen LogP contribution in [0.25, 0.3) is 11.4 Å². The van der Waals surface area contributed by atoms with E-state index in [0.717, 1.165) is 38.8 Å². The van der Waals surface area contributed by atoms with Crippen LogP contribution in [0.5, 0.6) is 5.75 Å². The molecule has 0 aliphatic heterocycles. The van der Waals surface area contributed by atoms with Gasteiger partial charge in [-0.1, -0.05) is 35.5 Å². The maximum Gasteiger partial charge on any atom is 0.192 e. The zero-order chi connectivity index (χ0) is 19.3. The van der Waals surface area contributed by atoms with Crippen molar-refractivity contribution in [2.24, 2.45) is 0 Å². The smallest absolute Gasteiger partial charge is 0.192 e. The lowest BCUT2D eigenvalue weighted by atomic mass is 10.2. The molecule has 0 bridgehead atoms. The molecule has 0 spiro atoms. The molecule has 0 saturated carbocycles. The third kappa shape index (κ3) is 4.24. The molecule has 0 unspecified atom stereocenters. The van der Waals surface area contributed by atoms with Crippen LogP contribution in [0.15, 0.2) is 76.5 Å². The second-order valence-corrected chi connectivity index (χ2v) is 7.49. The summed E-state index contributed by atoms with van der Waals surface area (Å²) in [5.74, 6) is 3.22. The zero-order valence-electron chi connectivity index (χ0n) is 15.2. The fourth-order valence-electron chi connectivity index (χ4n) is 2.78. The minimum atomic E-state index is 0.560. The van der Waals surface area contributed by atoms with Crippen molar-refractivity contribution >= 4 is 23.4 Å². The summed E-state index contributed by atoms with van der Waals surface area (Å²) in [6.45, 7) is 0.560. The van der Waals surface area contributed by atoms with Crippen LogP contribution in [0.4, 0.5) is 0 Å². The van der Waals surface area contributed by atoms with Crippen LogP contribution in [-0.2, 0) is 12.3 Å². The van der Waals surface area contributed by atoms with Gasteiger partial charge >= 0.3 is 0 Å². The quantitative estimate of drug-likeness (QED) is 0.373. The van der Waals surface area contributed by atoms with Gasteiger partial charge in [0.1, 0.15) is 11.5 Å². The van der Waals surface area contributed by atoms with Gasteiger partial charge in [-0.05, 0) is 54.1 Å². The van der Waals surface area contributed by atoms with E-state index >= 15 is 0 Å². The Hall–Kier alpha value is -2.70. The van der Waals surface area contributed by atoms with Crippen molar-refractivity contribution in [1.82, 2.24) is 14.8 Å². The highest BCUT2D eigenvalue weighted by Crippen LogP contribution is 2.28. The van der Waals surface area contributed by atoms with Gasteiger partial charge < -0.3 is 9.15 Å². The number of rotatable bonds is 7. The number of thioether (sulfide) groups is 1. The Morgan fingerprint density at radius 1 is 1.04 bits per heavy atom. The van der Waals surface area contributed by atoms with Crippen LogP contribution in [0.3, 0.4) is 0 Å². The van der Waals surface area contributed by atoms with Crippen LogP contribution < -0.4 is 4.74 Å². The third-order valence-corrected chi connectivity index (χ3v) is 5.53. The zero-order valence-corrected chi connectivity index (χ0v) is 16.8. The molecular formula is C21H18ClN3O2S. The van der Waals surface area contributed by atoms with E-state index in [9.17, 15) is 0 Å². The molecule has 7 heteroatoms. The Morgan fingerprint density at radius 3 is 2.50 bits per heavy atom. The van der Waals surface area contributed by atoms with Gasteiger partial charge in [0, 0.05) is 16.3 Å². The van der Waals surface area contributed by atoms with E-state index in [4.69, 9.17) is 20.8 Å². The number of furan rings is 1. The molecule has 28 heavy (non-hydrogen) atoms. The topological polar surface area (TPSA) is 53.1 Å². The average molecular weight is 412 g/mol. The van der Waals surface area contributed by atoms with Gasteiger partial charge in [-0.25, -0.2) is 0 Å². The van der Waals surface area contributed by atoms with E-state index in [0.29, 0.717) is 6.54 Å². The van der Waals surface area contributed by atoms with Crippen molar-refractivity contribution in [2.75, 3.05) is 7.11 Å². The van der Waals surface area contributed by atoms with Crippen molar-refractivity contribution in [3.8, 4) is 17.1 Å². The third-order valence-electron chi connectivity index (χ3n) is 4.24. The predicted octanol–water partition coefficient (Wildman–Crippen LogP) is 5.54. The van der Waals surface area contributed by atoms with E-state index in [-0.39, 0.29) is 0 Å². The van der Waals surface area contributed by atoms with Gasteiger partial charge in [0.05, 0.1) is 19.9 Å². The molecule has 0 N–H and O–H groups in total. The normalized spacial score (nSPS) is 10.9. The molecule has 0 saturated heterocycles. The molecule has 4 rings (SSSR count). The van der Waals surface area contributed by atoms with Crippen molar-refractivity contribution in [1.29, 1.82) is 0 Å². The van der Waals surface area contributed by atoms with Gasteiger partial charge in [-0.3, -0.25) is 4.57 Å². The monoisotopic (exact) mass is 411 g/mol. The first-order chi connectivity index (χ1) is 13.7. The van der Waals surface area contributed by atoms with Gasteiger partial charge in [-0.15, -0.1) is 10.2 Å². The average Bonchev–Trinajstić information content (AvgIpc) is 3.38. The van der Waals surface area contributed by atoms with Crippen molar-refractivity contribution in [3.05, 3.63) is 83.3 Å². The Bertz CT molecular complexity index is 1030. The highest BCUT2D eigenvalue weighted by Gasteiger charge is 2.16. The summed E-state index contributed by atoms with van der Waals surface area (Å²) in [5.41, 5.74) is 2.14. The second-order valence-electron chi connectivity index (χ2n) is 6.12. The summed E-state index contributed by atoms with van der Waals surface area (Å²) >= 11 is 7.60. The van der Waals surface area contributed by atoms with E-state index < -0.39 is 0 Å². The van der Waals surface area contributed by atoms with Crippen LogP contribution in [0.2, 0.25) is 5.02 Å². The molecule has 0 atom stereocenters. The molecule has 0 radical (unpaired) electrons. The highest BCUT2D eigenvalue weighted by molar-refractivity contribution is 7.98. The van der Waals surface area contributed by atoms with Gasteiger partial charge in [0.25, 0.3) is 0 Å². The first-order valence-corrected chi connectivity index (χ1v) is 10.1.